The number of hydrogen-bond donors (Lipinski definition) is 7. The Kier molecular flexibility index (Phi) is 21.0. The van der Waals surface area contributed by atoms with E-state index in [4.69, 9.17) is 25.8 Å². The molecular formula is C52H74ClN7O11. The van der Waals surface area contributed by atoms with Crippen LogP contribution in [0.2, 0.25) is 5.02 Å². The number of esters is 1. The van der Waals surface area contributed by atoms with Gasteiger partial charge in [0.05, 0.1) is 23.7 Å². The van der Waals surface area contributed by atoms with Gasteiger partial charge in [0.2, 0.25) is 41.4 Å². The predicted molar refractivity (Wildman–Crippen MR) is 267 cm³/mol. The number of amides is 7. The van der Waals surface area contributed by atoms with E-state index in [9.17, 15) is 38.4 Å². The molecule has 0 aromatic heterocycles. The fraction of sp³-hybridized carbons (Fsp3) is 0.577. The molecule has 0 radical (unpaired) electrons. The quantitative estimate of drug-likeness (QED) is 0.0821. The maximum absolute atomic E-state index is 14.1. The summed E-state index contributed by atoms with van der Waals surface area (Å²) in [4.78, 5) is 105. The second kappa shape index (κ2) is 25.9. The molecule has 4 rings (SSSR count). The molecule has 0 bridgehead atoms. The Morgan fingerprint density at radius 2 is 1.55 bits per heavy atom. The molecule has 1 fully saturated rings. The summed E-state index contributed by atoms with van der Waals surface area (Å²) < 4.78 is 17.7. The number of ether oxygens (including phenoxy) is 3. The zero-order chi connectivity index (χ0) is 52.8. The number of hydrogen-bond acceptors (Lipinski definition) is 11. The lowest BCUT2D eigenvalue weighted by Crippen LogP contribution is -2.54. The molecule has 2 aromatic carbocycles. The van der Waals surface area contributed by atoms with Crippen molar-refractivity contribution in [2.75, 3.05) is 20.7 Å². The number of epoxide rings is 1. The van der Waals surface area contributed by atoms with Gasteiger partial charge in [-0.25, -0.2) is 4.79 Å². The van der Waals surface area contributed by atoms with Gasteiger partial charge < -0.3 is 51.4 Å². The van der Waals surface area contributed by atoms with Crippen molar-refractivity contribution in [1.29, 1.82) is 0 Å². The van der Waals surface area contributed by atoms with Crippen LogP contribution in [0, 0.1) is 22.7 Å². The molecule has 71 heavy (non-hydrogen) atoms. The molecule has 1 saturated heterocycles. The first kappa shape index (κ1) is 57.6. The highest BCUT2D eigenvalue weighted by atomic mass is 35.5. The average molecular weight is 1010 g/mol. The van der Waals surface area contributed by atoms with Crippen molar-refractivity contribution < 1.29 is 52.6 Å². The summed E-state index contributed by atoms with van der Waals surface area (Å²) in [6.45, 7) is 16.3. The Balaban J connectivity index is 1.44. The number of halogens is 1. The zero-order valence-corrected chi connectivity index (χ0v) is 43.7. The Bertz CT molecular complexity index is 2260. The van der Waals surface area contributed by atoms with E-state index in [1.165, 1.54) is 20.2 Å². The molecule has 0 aliphatic carbocycles. The number of cyclic esters (lactones) is 1. The standard InChI is InChI=1S/C52H74ClN7O11/c1-29(2)43(60-42(63)17-13-15-40(61)54-10)48(66)57-31(4)46(64)55-27-32-18-21-34(22-19-32)45-44(71-45)30(3)38-14-12-16-41(62)58-36(25-33-20-23-39(69-11)35(53)24-33)47(65)56-28-52(8,9)50(68)59-37(49(67)70-38)26-51(5,6)7/h12,16,18-24,29-31,36-38,43-45H,13-15,17,25-28H2,1-11H3,(H,54,61)(H,55,64)(H,56,65)(H,57,66)(H,58,62)(H,59,68)(H,60,63)/b16-12+/t30-,31?,36+,37-,38-,43-,44+,45+/m0/s1. The van der Waals surface area contributed by atoms with Gasteiger partial charge in [0.25, 0.3) is 0 Å². The van der Waals surface area contributed by atoms with E-state index in [0.717, 1.165) is 11.1 Å². The second-order valence-electron chi connectivity index (χ2n) is 20.6. The van der Waals surface area contributed by atoms with Gasteiger partial charge in [0.1, 0.15) is 42.1 Å². The second-order valence-corrected chi connectivity index (χ2v) is 21.0. The molecule has 0 spiro atoms. The van der Waals surface area contributed by atoms with E-state index in [0.29, 0.717) is 22.8 Å². The van der Waals surface area contributed by atoms with E-state index < -0.39 is 76.6 Å². The van der Waals surface area contributed by atoms with E-state index in [-0.39, 0.29) is 81.1 Å². The minimum Gasteiger partial charge on any atom is -0.495 e. The van der Waals surface area contributed by atoms with Crippen LogP contribution in [0.3, 0.4) is 0 Å². The summed E-state index contributed by atoms with van der Waals surface area (Å²) in [6, 6.07) is 8.72. The smallest absolute Gasteiger partial charge is 0.328 e. The molecule has 1 unspecified atom stereocenters. The van der Waals surface area contributed by atoms with E-state index in [1.54, 1.807) is 58.9 Å². The van der Waals surface area contributed by atoms with Crippen molar-refractivity contribution in [2.24, 2.45) is 22.7 Å². The lowest BCUT2D eigenvalue weighted by atomic mass is 9.86. The highest BCUT2D eigenvalue weighted by molar-refractivity contribution is 6.32. The Labute approximate surface area is 422 Å². The first-order valence-electron chi connectivity index (χ1n) is 24.2. The highest BCUT2D eigenvalue weighted by Gasteiger charge is 2.48. The molecular weight excluding hydrogens is 934 g/mol. The predicted octanol–water partition coefficient (Wildman–Crippen LogP) is 4.27. The average Bonchev–Trinajstić information content (AvgIpc) is 4.11. The van der Waals surface area contributed by atoms with Crippen molar-refractivity contribution in [1.82, 2.24) is 37.2 Å². The first-order chi connectivity index (χ1) is 33.3. The van der Waals surface area contributed by atoms with E-state index in [2.05, 4.69) is 37.2 Å². The van der Waals surface area contributed by atoms with E-state index >= 15 is 0 Å². The number of carbonyl (C=O) groups excluding carboxylic acids is 8. The van der Waals surface area contributed by atoms with Crippen molar-refractivity contribution in [3.63, 3.8) is 0 Å². The monoisotopic (exact) mass is 1010 g/mol. The molecule has 7 amide bonds. The number of methoxy groups -OCH3 is 1. The number of rotatable bonds is 18. The van der Waals surface area contributed by atoms with Gasteiger partial charge in [-0.15, -0.1) is 0 Å². The lowest BCUT2D eigenvalue weighted by molar-refractivity contribution is -0.157. The maximum atomic E-state index is 14.1. The van der Waals surface area contributed by atoms with Crippen LogP contribution in [-0.2, 0) is 60.8 Å². The summed E-state index contributed by atoms with van der Waals surface area (Å²) in [7, 11) is 3.01. The third-order valence-electron chi connectivity index (χ3n) is 12.4. The van der Waals surface area contributed by atoms with Crippen LogP contribution in [0.4, 0.5) is 0 Å². The summed E-state index contributed by atoms with van der Waals surface area (Å²) in [5.74, 6) is -3.82. The normalized spacial score (nSPS) is 22.5. The van der Waals surface area contributed by atoms with Crippen molar-refractivity contribution in [2.45, 2.75) is 150 Å². The molecule has 2 aromatic rings. The van der Waals surface area contributed by atoms with E-state index in [1.807, 2.05) is 52.0 Å². The zero-order valence-electron chi connectivity index (χ0n) is 42.9. The Hall–Kier alpha value is -6.01. The Morgan fingerprint density at radius 3 is 2.17 bits per heavy atom. The van der Waals surface area contributed by atoms with Crippen LogP contribution in [-0.4, -0.2) is 104 Å². The van der Waals surface area contributed by atoms with Gasteiger partial charge in [0.15, 0.2) is 0 Å². The number of nitrogens with one attached hydrogen (secondary N) is 7. The fourth-order valence-corrected chi connectivity index (χ4v) is 8.22. The number of carbonyl (C=O) groups is 8. The minimum atomic E-state index is -1.17. The molecule has 0 saturated carbocycles. The van der Waals surface area contributed by atoms with Crippen LogP contribution in [0.25, 0.3) is 0 Å². The van der Waals surface area contributed by atoms with Crippen molar-refractivity contribution in [3.05, 3.63) is 76.3 Å². The van der Waals surface area contributed by atoms with Gasteiger partial charge >= 0.3 is 5.97 Å². The molecule has 19 heteroatoms. The summed E-state index contributed by atoms with van der Waals surface area (Å²) in [6.07, 6.45) is 2.45. The molecule has 7 N–H and O–H groups in total. The summed E-state index contributed by atoms with van der Waals surface area (Å²) in [5, 5.41) is 19.6. The van der Waals surface area contributed by atoms with Crippen LogP contribution in [0.5, 0.6) is 5.75 Å². The topological polar surface area (TPSA) is 252 Å². The molecule has 8 atom stereocenters. The minimum absolute atomic E-state index is 0.0783. The summed E-state index contributed by atoms with van der Waals surface area (Å²) >= 11 is 6.38. The van der Waals surface area contributed by atoms with Crippen LogP contribution < -0.4 is 42.0 Å². The molecule has 2 heterocycles. The molecule has 18 nitrogen and oxygen atoms in total. The van der Waals surface area contributed by atoms with Gasteiger partial charge in [-0.05, 0) is 79.8 Å². The molecule has 2 aliphatic rings. The summed E-state index contributed by atoms with van der Waals surface area (Å²) in [5.41, 5.74) is 0.739. The van der Waals surface area contributed by atoms with Gasteiger partial charge in [-0.3, -0.25) is 33.6 Å². The third-order valence-corrected chi connectivity index (χ3v) is 12.7. The van der Waals surface area contributed by atoms with Gasteiger partial charge in [-0.1, -0.05) is 89.6 Å². The van der Waals surface area contributed by atoms with Crippen LogP contribution in [0.15, 0.2) is 54.6 Å². The molecule has 390 valence electrons. The number of benzene rings is 2. The van der Waals surface area contributed by atoms with Crippen LogP contribution >= 0.6 is 11.6 Å². The highest BCUT2D eigenvalue weighted by Crippen LogP contribution is 2.45. The van der Waals surface area contributed by atoms with Crippen molar-refractivity contribution >= 4 is 58.9 Å². The fourth-order valence-electron chi connectivity index (χ4n) is 7.94. The van der Waals surface area contributed by atoms with Gasteiger partial charge in [-0.2, -0.15) is 0 Å². The SMILES string of the molecule is CNC(=O)CCCC(=O)N[C@H](C(=O)NC(C)C(=O)NCc1ccc([C@H]2O[C@@H]2[C@@H](C)[C@@H]2C/C=C/C(=O)N[C@H](Cc3ccc(OC)c(Cl)c3)C(=O)NCC(C)(C)C(=O)N[C@@H](CC(C)(C)C)C(=O)O2)cc1)C(C)C. The third kappa shape index (κ3) is 18.0. The first-order valence-corrected chi connectivity index (χ1v) is 24.6. The van der Waals surface area contributed by atoms with Crippen LogP contribution in [0.1, 0.15) is 117 Å². The van der Waals surface area contributed by atoms with Crippen molar-refractivity contribution in [3.8, 4) is 5.75 Å². The van der Waals surface area contributed by atoms with Gasteiger partial charge in [0, 0.05) is 51.7 Å². The largest absolute Gasteiger partial charge is 0.495 e. The lowest BCUT2D eigenvalue weighted by Gasteiger charge is -2.32. The maximum Gasteiger partial charge on any atom is 0.328 e. The molecule has 2 aliphatic heterocycles. The Morgan fingerprint density at radius 1 is 0.887 bits per heavy atom.